The fourth-order valence-electron chi connectivity index (χ4n) is 1.06. The number of hydrogen-bond acceptors (Lipinski definition) is 2. The molecule has 0 unspecified atom stereocenters. The molecule has 0 radical (unpaired) electrons. The summed E-state index contributed by atoms with van der Waals surface area (Å²) in [5.41, 5.74) is 0. The van der Waals surface area contributed by atoms with Crippen LogP contribution in [0.25, 0.3) is 0 Å². The van der Waals surface area contributed by atoms with Crippen LogP contribution in [0.5, 0.6) is 0 Å². The molecular weight excluding hydrogens is 137 g/mol. The third kappa shape index (κ3) is 2.14. The van der Waals surface area contributed by atoms with Gasteiger partial charge in [0, 0.05) is 13.1 Å². The molecule has 1 heterocycles. The topological polar surface area (TPSA) is 3.24 Å². The summed E-state index contributed by atoms with van der Waals surface area (Å²) in [5, 5.41) is 0. The van der Waals surface area contributed by atoms with Crippen molar-refractivity contribution in [3.05, 3.63) is 0 Å². The lowest BCUT2D eigenvalue weighted by molar-refractivity contribution is 0.213. The molecule has 1 aliphatic rings. The Morgan fingerprint density at radius 3 is 2.89 bits per heavy atom. The first-order valence-corrected chi connectivity index (χ1v) is 4.44. The largest absolute Gasteiger partial charge is 0.248 e. The van der Waals surface area contributed by atoms with Gasteiger partial charge in [-0.1, -0.05) is 11.9 Å². The van der Waals surface area contributed by atoms with Crippen LogP contribution in [-0.2, 0) is 0 Å². The van der Waals surface area contributed by atoms with E-state index in [1.54, 1.807) is 11.9 Å². The summed E-state index contributed by atoms with van der Waals surface area (Å²) in [4.78, 5) is 0. The van der Waals surface area contributed by atoms with Crippen molar-refractivity contribution in [1.29, 1.82) is 0 Å². The summed E-state index contributed by atoms with van der Waals surface area (Å²) in [6.45, 7) is 1.68. The Kier molecular flexibility index (Phi) is 2.79. The highest BCUT2D eigenvalue weighted by atomic mass is 32.2. The predicted octanol–water partition coefficient (Wildman–Crippen LogP) is 1.70. The van der Waals surface area contributed by atoms with Gasteiger partial charge in [0.05, 0.1) is 0 Å². The van der Waals surface area contributed by atoms with Crippen molar-refractivity contribution < 1.29 is 4.39 Å². The summed E-state index contributed by atoms with van der Waals surface area (Å²) in [7, 11) is 0. The molecule has 1 nitrogen and oxygen atoms in total. The molecule has 0 aromatic rings. The number of hydrogen-bond donors (Lipinski definition) is 0. The predicted molar refractivity (Wildman–Crippen MR) is 39.2 cm³/mol. The first-order chi connectivity index (χ1) is 4.33. The van der Waals surface area contributed by atoms with E-state index in [2.05, 4.69) is 4.31 Å². The summed E-state index contributed by atoms with van der Waals surface area (Å²) >= 11 is 1.64. The SMILES string of the molecule is CSN1CCC[C@@H](F)C1. The molecular formula is C6H12FNS. The van der Waals surface area contributed by atoms with Crippen molar-refractivity contribution in [1.82, 2.24) is 4.31 Å². The lowest BCUT2D eigenvalue weighted by Crippen LogP contribution is -2.30. The van der Waals surface area contributed by atoms with E-state index >= 15 is 0 Å². The van der Waals surface area contributed by atoms with Crippen molar-refractivity contribution in [2.45, 2.75) is 19.0 Å². The zero-order valence-corrected chi connectivity index (χ0v) is 6.46. The maximum Gasteiger partial charge on any atom is 0.114 e. The molecule has 0 aliphatic carbocycles. The van der Waals surface area contributed by atoms with E-state index in [1.807, 2.05) is 6.26 Å². The highest BCUT2D eigenvalue weighted by molar-refractivity contribution is 7.96. The lowest BCUT2D eigenvalue weighted by Gasteiger charge is -2.25. The number of halogens is 1. The monoisotopic (exact) mass is 149 g/mol. The Morgan fingerprint density at radius 2 is 2.44 bits per heavy atom. The van der Waals surface area contributed by atoms with Gasteiger partial charge < -0.3 is 0 Å². The molecule has 1 aliphatic heterocycles. The molecule has 0 aromatic carbocycles. The van der Waals surface area contributed by atoms with Crippen molar-refractivity contribution in [2.75, 3.05) is 19.3 Å². The zero-order valence-electron chi connectivity index (χ0n) is 5.64. The normalized spacial score (nSPS) is 30.7. The van der Waals surface area contributed by atoms with Gasteiger partial charge in [-0.15, -0.1) is 0 Å². The van der Waals surface area contributed by atoms with Gasteiger partial charge in [0.15, 0.2) is 0 Å². The highest BCUT2D eigenvalue weighted by Gasteiger charge is 2.17. The van der Waals surface area contributed by atoms with E-state index < -0.39 is 6.17 Å². The first-order valence-electron chi connectivity index (χ1n) is 3.26. The van der Waals surface area contributed by atoms with Gasteiger partial charge in [-0.2, -0.15) is 0 Å². The summed E-state index contributed by atoms with van der Waals surface area (Å²) in [6.07, 6.45) is 3.20. The Morgan fingerprint density at radius 1 is 1.67 bits per heavy atom. The second kappa shape index (κ2) is 3.42. The van der Waals surface area contributed by atoms with E-state index in [1.165, 1.54) is 0 Å². The van der Waals surface area contributed by atoms with Crippen LogP contribution in [0.2, 0.25) is 0 Å². The fourth-order valence-corrected chi connectivity index (χ4v) is 1.68. The van der Waals surface area contributed by atoms with Crippen LogP contribution in [-0.4, -0.2) is 29.8 Å². The molecule has 3 heteroatoms. The number of alkyl halides is 1. The second-order valence-electron chi connectivity index (χ2n) is 2.31. The molecule has 1 fully saturated rings. The quantitative estimate of drug-likeness (QED) is 0.522. The van der Waals surface area contributed by atoms with Gasteiger partial charge in [-0.3, -0.25) is 0 Å². The van der Waals surface area contributed by atoms with Crippen molar-refractivity contribution >= 4 is 11.9 Å². The molecule has 1 rings (SSSR count). The molecule has 0 bridgehead atoms. The molecule has 0 spiro atoms. The minimum Gasteiger partial charge on any atom is -0.248 e. The van der Waals surface area contributed by atoms with Crippen LogP contribution < -0.4 is 0 Å². The van der Waals surface area contributed by atoms with Gasteiger partial charge in [-0.25, -0.2) is 8.70 Å². The Bertz CT molecular complexity index is 89.1. The van der Waals surface area contributed by atoms with E-state index in [-0.39, 0.29) is 0 Å². The van der Waals surface area contributed by atoms with Crippen molar-refractivity contribution in [3.8, 4) is 0 Å². The molecule has 54 valence electrons. The minimum absolute atomic E-state index is 0.578. The first kappa shape index (κ1) is 7.35. The third-order valence-electron chi connectivity index (χ3n) is 1.58. The maximum atomic E-state index is 12.6. The molecule has 1 saturated heterocycles. The van der Waals surface area contributed by atoms with E-state index in [0.717, 1.165) is 19.4 Å². The molecule has 1 atom stereocenters. The maximum absolute atomic E-state index is 12.6. The third-order valence-corrected chi connectivity index (χ3v) is 2.43. The Hall–Kier alpha value is 0.240. The Labute approximate surface area is 59.7 Å². The summed E-state index contributed by atoms with van der Waals surface area (Å²) in [5.74, 6) is 0. The molecule has 0 saturated carbocycles. The standard InChI is InChI=1S/C6H12FNS/c1-9-8-4-2-3-6(7)5-8/h6H,2-5H2,1H3/t6-/m1/s1. The second-order valence-corrected chi connectivity index (χ2v) is 3.19. The Balaban J connectivity index is 2.23. The van der Waals surface area contributed by atoms with Crippen LogP contribution in [0.1, 0.15) is 12.8 Å². The van der Waals surface area contributed by atoms with Gasteiger partial charge in [-0.05, 0) is 19.1 Å². The average molecular weight is 149 g/mol. The average Bonchev–Trinajstić information content (AvgIpc) is 1.88. The minimum atomic E-state index is -0.578. The van der Waals surface area contributed by atoms with Crippen molar-refractivity contribution in [3.63, 3.8) is 0 Å². The molecule has 9 heavy (non-hydrogen) atoms. The molecule has 0 aromatic heterocycles. The molecule has 0 N–H and O–H groups in total. The van der Waals surface area contributed by atoms with E-state index in [4.69, 9.17) is 0 Å². The van der Waals surface area contributed by atoms with Crippen LogP contribution in [0.4, 0.5) is 4.39 Å². The van der Waals surface area contributed by atoms with Gasteiger partial charge in [0.1, 0.15) is 6.17 Å². The van der Waals surface area contributed by atoms with Crippen molar-refractivity contribution in [2.24, 2.45) is 0 Å². The number of nitrogens with zero attached hydrogens (tertiary/aromatic N) is 1. The fraction of sp³-hybridized carbons (Fsp3) is 1.00. The molecule has 0 amide bonds. The number of piperidine rings is 1. The van der Waals surface area contributed by atoms with Gasteiger partial charge in [0.2, 0.25) is 0 Å². The van der Waals surface area contributed by atoms with E-state index in [0.29, 0.717) is 6.54 Å². The highest BCUT2D eigenvalue weighted by Crippen LogP contribution is 2.17. The van der Waals surface area contributed by atoms with Gasteiger partial charge in [0.25, 0.3) is 0 Å². The number of rotatable bonds is 1. The zero-order chi connectivity index (χ0) is 6.69. The van der Waals surface area contributed by atoms with E-state index in [9.17, 15) is 4.39 Å². The van der Waals surface area contributed by atoms with Crippen LogP contribution in [0.15, 0.2) is 0 Å². The van der Waals surface area contributed by atoms with Crippen LogP contribution in [0.3, 0.4) is 0 Å². The van der Waals surface area contributed by atoms with Gasteiger partial charge >= 0.3 is 0 Å². The smallest absolute Gasteiger partial charge is 0.114 e. The summed E-state index contributed by atoms with van der Waals surface area (Å²) in [6, 6.07) is 0. The van der Waals surface area contributed by atoms with Crippen LogP contribution in [0, 0.1) is 0 Å². The lowest BCUT2D eigenvalue weighted by atomic mass is 10.1. The summed E-state index contributed by atoms with van der Waals surface area (Å²) < 4.78 is 14.6. The van der Waals surface area contributed by atoms with Crippen LogP contribution >= 0.6 is 11.9 Å².